The number of aromatic nitrogens is 1. The summed E-state index contributed by atoms with van der Waals surface area (Å²) in [5.74, 6) is 0.893. The lowest BCUT2D eigenvalue weighted by molar-refractivity contribution is -0.314. The molecule has 1 aliphatic heterocycles. The number of hydrogen-bond donors (Lipinski definition) is 1. The Morgan fingerprint density at radius 2 is 2.16 bits per heavy atom. The smallest absolute Gasteiger partial charge is 0.271 e. The highest BCUT2D eigenvalue weighted by molar-refractivity contribution is 5.34. The van der Waals surface area contributed by atoms with Gasteiger partial charge in [0, 0.05) is 24.8 Å². The van der Waals surface area contributed by atoms with Gasteiger partial charge in [0.15, 0.2) is 0 Å². The van der Waals surface area contributed by atoms with Crippen LogP contribution in [0.1, 0.15) is 11.3 Å². The molecule has 1 aromatic heterocycles. The van der Waals surface area contributed by atoms with Crippen LogP contribution in [0.25, 0.3) is 0 Å². The van der Waals surface area contributed by atoms with Gasteiger partial charge in [-0.2, -0.15) is 0 Å². The molecular formula is C13H19NO5. The van der Waals surface area contributed by atoms with Gasteiger partial charge in [0.2, 0.25) is 0 Å². The SMILES string of the molecule is COC1OCC(COc2ccnc(CO)c2C)CO1. The first kappa shape index (κ1) is 14.2. The van der Waals surface area contributed by atoms with E-state index >= 15 is 0 Å². The van der Waals surface area contributed by atoms with E-state index in [1.807, 2.05) is 6.92 Å². The second-order valence-corrected chi connectivity index (χ2v) is 4.41. The third kappa shape index (κ3) is 3.63. The van der Waals surface area contributed by atoms with E-state index in [0.29, 0.717) is 25.5 Å². The van der Waals surface area contributed by atoms with Crippen molar-refractivity contribution in [2.75, 3.05) is 26.9 Å². The average Bonchev–Trinajstić information content (AvgIpc) is 2.47. The number of nitrogens with zero attached hydrogens (tertiary/aromatic N) is 1. The number of aliphatic hydroxyl groups is 1. The summed E-state index contributed by atoms with van der Waals surface area (Å²) in [6.45, 7) is 2.79. The van der Waals surface area contributed by atoms with E-state index in [2.05, 4.69) is 4.98 Å². The maximum absolute atomic E-state index is 9.14. The highest BCUT2D eigenvalue weighted by atomic mass is 16.8. The van der Waals surface area contributed by atoms with Gasteiger partial charge in [-0.05, 0) is 13.0 Å². The first-order valence-electron chi connectivity index (χ1n) is 6.18. The zero-order valence-corrected chi connectivity index (χ0v) is 11.2. The molecule has 6 nitrogen and oxygen atoms in total. The van der Waals surface area contributed by atoms with E-state index in [4.69, 9.17) is 24.1 Å². The molecule has 2 heterocycles. The van der Waals surface area contributed by atoms with Gasteiger partial charge in [0.1, 0.15) is 5.75 Å². The standard InChI is InChI=1S/C13H19NO5/c1-9-11(5-15)14-4-3-12(9)17-6-10-7-18-13(16-2)19-8-10/h3-4,10,13,15H,5-8H2,1-2H3. The predicted octanol–water partition coefficient (Wildman–Crippen LogP) is 0.854. The molecule has 0 atom stereocenters. The third-order valence-electron chi connectivity index (χ3n) is 3.01. The Morgan fingerprint density at radius 3 is 2.79 bits per heavy atom. The molecule has 0 radical (unpaired) electrons. The van der Waals surface area contributed by atoms with Gasteiger partial charge in [-0.3, -0.25) is 4.98 Å². The Balaban J connectivity index is 1.86. The fourth-order valence-corrected chi connectivity index (χ4v) is 1.84. The maximum atomic E-state index is 9.14. The van der Waals surface area contributed by atoms with Crippen LogP contribution < -0.4 is 4.74 Å². The molecule has 0 bridgehead atoms. The minimum atomic E-state index is -0.570. The fraction of sp³-hybridized carbons (Fsp3) is 0.615. The van der Waals surface area contributed by atoms with Crippen molar-refractivity contribution in [3.8, 4) is 5.75 Å². The van der Waals surface area contributed by atoms with Crippen molar-refractivity contribution in [3.63, 3.8) is 0 Å². The van der Waals surface area contributed by atoms with Crippen molar-refractivity contribution in [1.82, 2.24) is 4.98 Å². The molecular weight excluding hydrogens is 250 g/mol. The Morgan fingerprint density at radius 1 is 1.42 bits per heavy atom. The summed E-state index contributed by atoms with van der Waals surface area (Å²) < 4.78 is 21.3. The molecule has 1 aliphatic rings. The Kier molecular flexibility index (Phi) is 5.09. The van der Waals surface area contributed by atoms with E-state index in [1.54, 1.807) is 12.3 Å². The van der Waals surface area contributed by atoms with Crippen LogP contribution in [0.5, 0.6) is 5.75 Å². The topological polar surface area (TPSA) is 70.0 Å². The minimum absolute atomic E-state index is 0.0891. The van der Waals surface area contributed by atoms with Crippen LogP contribution >= 0.6 is 0 Å². The molecule has 0 amide bonds. The average molecular weight is 269 g/mol. The van der Waals surface area contributed by atoms with E-state index < -0.39 is 6.48 Å². The van der Waals surface area contributed by atoms with Gasteiger partial charge in [0.25, 0.3) is 6.48 Å². The summed E-state index contributed by atoms with van der Waals surface area (Å²) in [5.41, 5.74) is 1.49. The molecule has 0 unspecified atom stereocenters. The number of rotatable bonds is 5. The molecule has 1 aromatic rings. The van der Waals surface area contributed by atoms with Crippen molar-refractivity contribution >= 4 is 0 Å². The predicted molar refractivity (Wildman–Crippen MR) is 66.6 cm³/mol. The van der Waals surface area contributed by atoms with Crippen LogP contribution in [0.4, 0.5) is 0 Å². The molecule has 1 saturated heterocycles. The van der Waals surface area contributed by atoms with Crippen molar-refractivity contribution in [1.29, 1.82) is 0 Å². The lowest BCUT2D eigenvalue weighted by Gasteiger charge is -2.28. The van der Waals surface area contributed by atoms with Gasteiger partial charge >= 0.3 is 0 Å². The zero-order valence-electron chi connectivity index (χ0n) is 11.2. The number of methoxy groups -OCH3 is 1. The molecule has 1 fully saturated rings. The Hall–Kier alpha value is -1.21. The van der Waals surface area contributed by atoms with Crippen molar-refractivity contribution in [2.45, 2.75) is 20.0 Å². The molecule has 2 rings (SSSR count). The van der Waals surface area contributed by atoms with E-state index in [-0.39, 0.29) is 12.5 Å². The first-order valence-corrected chi connectivity index (χ1v) is 6.18. The van der Waals surface area contributed by atoms with Gasteiger partial charge in [-0.25, -0.2) is 0 Å². The minimum Gasteiger partial charge on any atom is -0.493 e. The molecule has 0 spiro atoms. The van der Waals surface area contributed by atoms with Crippen LogP contribution in [0.3, 0.4) is 0 Å². The number of aliphatic hydroxyl groups excluding tert-OH is 1. The number of pyridine rings is 1. The van der Waals surface area contributed by atoms with E-state index in [9.17, 15) is 0 Å². The molecule has 19 heavy (non-hydrogen) atoms. The summed E-state index contributed by atoms with van der Waals surface area (Å²) in [7, 11) is 1.54. The van der Waals surface area contributed by atoms with E-state index in [0.717, 1.165) is 11.3 Å². The molecule has 1 N–H and O–H groups in total. The third-order valence-corrected chi connectivity index (χ3v) is 3.01. The summed E-state index contributed by atoms with van der Waals surface area (Å²) in [6.07, 6.45) is 1.63. The molecule has 0 aromatic carbocycles. The van der Waals surface area contributed by atoms with Crippen molar-refractivity contribution < 1.29 is 24.1 Å². The maximum Gasteiger partial charge on any atom is 0.271 e. The molecule has 0 aliphatic carbocycles. The monoisotopic (exact) mass is 269 g/mol. The molecule has 0 saturated carbocycles. The van der Waals surface area contributed by atoms with Gasteiger partial charge in [-0.15, -0.1) is 0 Å². The fourth-order valence-electron chi connectivity index (χ4n) is 1.84. The highest BCUT2D eigenvalue weighted by Crippen LogP contribution is 2.21. The van der Waals surface area contributed by atoms with Crippen LogP contribution in [-0.4, -0.2) is 43.5 Å². The quantitative estimate of drug-likeness (QED) is 0.854. The lowest BCUT2D eigenvalue weighted by Crippen LogP contribution is -2.36. The first-order chi connectivity index (χ1) is 9.24. The summed E-state index contributed by atoms with van der Waals surface area (Å²) >= 11 is 0. The van der Waals surface area contributed by atoms with Gasteiger partial charge in [-0.1, -0.05) is 0 Å². The van der Waals surface area contributed by atoms with Crippen LogP contribution in [0.15, 0.2) is 12.3 Å². The van der Waals surface area contributed by atoms with Crippen molar-refractivity contribution in [2.24, 2.45) is 5.92 Å². The van der Waals surface area contributed by atoms with Crippen LogP contribution in [0, 0.1) is 12.8 Å². The largest absolute Gasteiger partial charge is 0.493 e. The zero-order chi connectivity index (χ0) is 13.7. The van der Waals surface area contributed by atoms with E-state index in [1.165, 1.54) is 7.11 Å². The second-order valence-electron chi connectivity index (χ2n) is 4.41. The number of hydrogen-bond acceptors (Lipinski definition) is 6. The summed E-state index contributed by atoms with van der Waals surface area (Å²) in [5, 5.41) is 9.14. The Labute approximate surface area is 112 Å². The van der Waals surface area contributed by atoms with Gasteiger partial charge in [0.05, 0.1) is 32.1 Å². The second kappa shape index (κ2) is 6.81. The Bertz CT molecular complexity index is 404. The summed E-state index contributed by atoms with van der Waals surface area (Å²) in [6, 6.07) is 1.79. The number of ether oxygens (including phenoxy) is 4. The lowest BCUT2D eigenvalue weighted by atomic mass is 10.2. The molecule has 106 valence electrons. The van der Waals surface area contributed by atoms with Gasteiger partial charge < -0.3 is 24.1 Å². The van der Waals surface area contributed by atoms with Crippen LogP contribution in [-0.2, 0) is 20.8 Å². The van der Waals surface area contributed by atoms with Crippen molar-refractivity contribution in [3.05, 3.63) is 23.5 Å². The van der Waals surface area contributed by atoms with Crippen LogP contribution in [0.2, 0.25) is 0 Å². The highest BCUT2D eigenvalue weighted by Gasteiger charge is 2.22. The normalized spacial score (nSPS) is 23.3. The summed E-state index contributed by atoms with van der Waals surface area (Å²) in [4.78, 5) is 4.08. The molecule has 6 heteroatoms.